The second-order valence-corrected chi connectivity index (χ2v) is 12.9. The van der Waals surface area contributed by atoms with E-state index in [2.05, 4.69) is 10.6 Å². The van der Waals surface area contributed by atoms with Crippen LogP contribution in [-0.4, -0.2) is 47.7 Å². The summed E-state index contributed by atoms with van der Waals surface area (Å²) in [6.45, 7) is 0.375. The Balaban J connectivity index is 1.19. The van der Waals surface area contributed by atoms with Gasteiger partial charge in [-0.25, -0.2) is 0 Å². The molecule has 8 heteroatoms. The van der Waals surface area contributed by atoms with Crippen molar-refractivity contribution in [1.29, 1.82) is 0 Å². The van der Waals surface area contributed by atoms with Gasteiger partial charge in [0, 0.05) is 6.42 Å². The lowest BCUT2D eigenvalue weighted by Crippen LogP contribution is -2.53. The van der Waals surface area contributed by atoms with Gasteiger partial charge in [0.15, 0.2) is 0 Å². The van der Waals surface area contributed by atoms with E-state index in [-0.39, 0.29) is 43.3 Å². The molecule has 2 aliphatic rings. The van der Waals surface area contributed by atoms with Crippen LogP contribution >= 0.6 is 0 Å². The number of allylic oxidation sites excluding steroid dienone is 2. The maximum atomic E-state index is 13.6. The number of ether oxygens (including phenoxy) is 2. The molecule has 3 atom stereocenters. The number of aliphatic hydroxyl groups excluding tert-OH is 1. The summed E-state index contributed by atoms with van der Waals surface area (Å²) >= 11 is 0. The number of cyclic esters (lactones) is 1. The Morgan fingerprint density at radius 2 is 1.51 bits per heavy atom. The molecule has 3 aromatic carbocycles. The van der Waals surface area contributed by atoms with Crippen molar-refractivity contribution in [2.45, 2.75) is 76.0 Å². The molecule has 0 radical (unpaired) electrons. The molecule has 3 aromatic rings. The van der Waals surface area contributed by atoms with E-state index in [1.807, 2.05) is 97.1 Å². The van der Waals surface area contributed by atoms with Gasteiger partial charge >= 0.3 is 5.97 Å². The van der Waals surface area contributed by atoms with E-state index in [4.69, 9.17) is 9.47 Å². The second-order valence-electron chi connectivity index (χ2n) is 12.9. The first-order valence-electron chi connectivity index (χ1n) is 16.7. The average Bonchev–Trinajstić information content (AvgIpc) is 3.56. The molecular weight excluding hydrogens is 592 g/mol. The predicted molar refractivity (Wildman–Crippen MR) is 180 cm³/mol. The van der Waals surface area contributed by atoms with E-state index in [0.717, 1.165) is 48.1 Å². The Morgan fingerprint density at radius 1 is 0.872 bits per heavy atom. The maximum absolute atomic E-state index is 13.6. The van der Waals surface area contributed by atoms with Crippen LogP contribution < -0.4 is 15.4 Å². The number of amides is 2. The third-order valence-corrected chi connectivity index (χ3v) is 9.15. The van der Waals surface area contributed by atoms with Gasteiger partial charge in [-0.05, 0) is 67.3 Å². The topological polar surface area (TPSA) is 114 Å². The molecule has 0 aromatic heterocycles. The van der Waals surface area contributed by atoms with Crippen LogP contribution in [0.2, 0.25) is 0 Å². The van der Waals surface area contributed by atoms with Gasteiger partial charge in [0.25, 0.3) is 0 Å². The minimum absolute atomic E-state index is 0.0117. The van der Waals surface area contributed by atoms with Gasteiger partial charge in [-0.15, -0.1) is 0 Å². The third kappa shape index (κ3) is 10.3. The van der Waals surface area contributed by atoms with Crippen molar-refractivity contribution in [3.8, 4) is 5.75 Å². The van der Waals surface area contributed by atoms with Crippen LogP contribution in [0.1, 0.15) is 61.6 Å². The highest BCUT2D eigenvalue weighted by atomic mass is 16.5. The zero-order valence-electron chi connectivity index (χ0n) is 26.9. The van der Waals surface area contributed by atoms with E-state index in [9.17, 15) is 19.5 Å². The first-order valence-corrected chi connectivity index (χ1v) is 16.7. The Bertz CT molecular complexity index is 1470. The minimum Gasteiger partial charge on any atom is -0.489 e. The monoisotopic (exact) mass is 638 g/mol. The fourth-order valence-corrected chi connectivity index (χ4v) is 6.43. The molecule has 1 aliphatic carbocycles. The molecule has 8 nitrogen and oxygen atoms in total. The van der Waals surface area contributed by atoms with Gasteiger partial charge < -0.3 is 25.2 Å². The molecule has 248 valence electrons. The summed E-state index contributed by atoms with van der Waals surface area (Å²) in [7, 11) is 0. The molecule has 47 heavy (non-hydrogen) atoms. The van der Waals surface area contributed by atoms with Gasteiger partial charge in [0.2, 0.25) is 11.8 Å². The van der Waals surface area contributed by atoms with Crippen LogP contribution in [0.25, 0.3) is 0 Å². The molecule has 1 aliphatic heterocycles. The highest BCUT2D eigenvalue weighted by Gasteiger charge is 2.39. The first kappa shape index (κ1) is 33.9. The number of nitrogens with one attached hydrogen (secondary N) is 2. The quantitative estimate of drug-likeness (QED) is 0.190. The molecule has 1 spiro atoms. The van der Waals surface area contributed by atoms with Gasteiger partial charge in [0.1, 0.15) is 19.0 Å². The van der Waals surface area contributed by atoms with Gasteiger partial charge in [-0.1, -0.05) is 97.8 Å². The minimum atomic E-state index is -0.619. The first-order chi connectivity index (χ1) is 22.9. The largest absolute Gasteiger partial charge is 0.489 e. The lowest BCUT2D eigenvalue weighted by molar-refractivity contribution is -0.152. The van der Waals surface area contributed by atoms with Gasteiger partial charge in [-0.2, -0.15) is 0 Å². The Kier molecular flexibility index (Phi) is 12.2. The van der Waals surface area contributed by atoms with Gasteiger partial charge in [-0.3, -0.25) is 14.4 Å². The summed E-state index contributed by atoms with van der Waals surface area (Å²) < 4.78 is 11.7. The SMILES string of the molecule is O=C(C[C@H]1CC=CC[C@@H](Cc2ccccc2)C(=O)OCC2(CCCC2)NC1=O)N[C@H](CO)Cc1ccc(OCc2ccccc2)cc1. The number of aliphatic hydroxyl groups is 1. The number of hydrogen-bond donors (Lipinski definition) is 3. The lowest BCUT2D eigenvalue weighted by atomic mass is 9.92. The normalized spacial score (nSPS) is 20.4. The van der Waals surface area contributed by atoms with Crippen molar-refractivity contribution in [3.63, 3.8) is 0 Å². The van der Waals surface area contributed by atoms with E-state index in [1.165, 1.54) is 0 Å². The van der Waals surface area contributed by atoms with Crippen molar-refractivity contribution in [1.82, 2.24) is 10.6 Å². The molecule has 2 amide bonds. The fraction of sp³-hybridized carbons (Fsp3) is 0.410. The van der Waals surface area contributed by atoms with Crippen LogP contribution in [0, 0.1) is 11.8 Å². The van der Waals surface area contributed by atoms with Crippen LogP contribution in [0.15, 0.2) is 97.1 Å². The number of hydrogen-bond acceptors (Lipinski definition) is 6. The fourth-order valence-electron chi connectivity index (χ4n) is 6.43. The van der Waals surface area contributed by atoms with E-state index < -0.39 is 17.5 Å². The summed E-state index contributed by atoms with van der Waals surface area (Å²) in [5, 5.41) is 16.2. The lowest BCUT2D eigenvalue weighted by Gasteiger charge is -2.32. The van der Waals surface area contributed by atoms with Crippen molar-refractivity contribution >= 4 is 17.8 Å². The molecule has 1 saturated carbocycles. The number of carbonyl (C=O) groups is 3. The second kappa shape index (κ2) is 16.9. The zero-order chi connectivity index (χ0) is 32.9. The van der Waals surface area contributed by atoms with Crippen molar-refractivity contribution < 1.29 is 29.0 Å². The predicted octanol–water partition coefficient (Wildman–Crippen LogP) is 5.47. The summed E-state index contributed by atoms with van der Waals surface area (Å²) in [6, 6.07) is 27.0. The Morgan fingerprint density at radius 3 is 2.17 bits per heavy atom. The number of benzene rings is 3. The number of carbonyl (C=O) groups excluding carboxylic acids is 3. The summed E-state index contributed by atoms with van der Waals surface area (Å²) in [4.78, 5) is 40.0. The molecule has 0 unspecified atom stereocenters. The molecule has 0 saturated heterocycles. The van der Waals surface area contributed by atoms with E-state index in [0.29, 0.717) is 32.3 Å². The summed E-state index contributed by atoms with van der Waals surface area (Å²) in [6.07, 6.45) is 9.02. The molecule has 5 rings (SSSR count). The average molecular weight is 639 g/mol. The standard InChI is InChI=1S/C39H46N2O6/c42-26-34(24-30-17-19-35(20-18-30)46-27-31-13-5-2-6-14-31)40-36(43)25-32-15-7-8-16-33(23-29-11-3-1-4-12-29)38(45)47-28-39(41-37(32)44)21-9-10-22-39/h1-8,11-14,17-20,32-34,42H,9-10,15-16,21-28H2,(H,40,43)(H,41,44)/t32-,33+,34+/m1/s1. The zero-order valence-corrected chi connectivity index (χ0v) is 26.9. The Hall–Kier alpha value is -4.43. The van der Waals surface area contributed by atoms with Crippen LogP contribution in [0.4, 0.5) is 0 Å². The number of rotatable bonds is 11. The van der Waals surface area contributed by atoms with E-state index >= 15 is 0 Å². The molecular formula is C39H46N2O6. The van der Waals surface area contributed by atoms with Crippen molar-refractivity contribution in [3.05, 3.63) is 114 Å². The smallest absolute Gasteiger partial charge is 0.309 e. The summed E-state index contributed by atoms with van der Waals surface area (Å²) in [5.41, 5.74) is 2.48. The van der Waals surface area contributed by atoms with Crippen LogP contribution in [0.5, 0.6) is 5.75 Å². The third-order valence-electron chi connectivity index (χ3n) is 9.15. The highest BCUT2D eigenvalue weighted by molar-refractivity contribution is 5.86. The molecule has 3 N–H and O–H groups in total. The highest BCUT2D eigenvalue weighted by Crippen LogP contribution is 2.32. The summed E-state index contributed by atoms with van der Waals surface area (Å²) in [5.74, 6) is -0.937. The van der Waals surface area contributed by atoms with Crippen LogP contribution in [-0.2, 0) is 38.6 Å². The molecule has 1 heterocycles. The van der Waals surface area contributed by atoms with E-state index in [1.54, 1.807) is 0 Å². The number of esters is 1. The van der Waals surface area contributed by atoms with Gasteiger partial charge in [0.05, 0.1) is 30.0 Å². The van der Waals surface area contributed by atoms with Crippen LogP contribution in [0.3, 0.4) is 0 Å². The Labute approximate surface area is 277 Å². The van der Waals surface area contributed by atoms with Crippen molar-refractivity contribution in [2.75, 3.05) is 13.2 Å². The maximum Gasteiger partial charge on any atom is 0.309 e. The van der Waals surface area contributed by atoms with Crippen molar-refractivity contribution in [2.24, 2.45) is 11.8 Å². The molecule has 0 bridgehead atoms. The molecule has 1 fully saturated rings.